The molecule has 1 N–H and O–H groups in total. The predicted molar refractivity (Wildman–Crippen MR) is 81.9 cm³/mol. The number of thiophene rings is 1. The van der Waals surface area contributed by atoms with E-state index in [0.29, 0.717) is 9.90 Å². The van der Waals surface area contributed by atoms with Crippen LogP contribution in [0.25, 0.3) is 0 Å². The highest BCUT2D eigenvalue weighted by molar-refractivity contribution is 7.16. The number of rotatable bonds is 3. The van der Waals surface area contributed by atoms with E-state index in [1.165, 1.54) is 11.3 Å². The molecule has 7 heteroatoms. The van der Waals surface area contributed by atoms with Crippen molar-refractivity contribution in [3.8, 4) is 0 Å². The molecular weight excluding hydrogens is 333 g/mol. The first-order valence-electron chi connectivity index (χ1n) is 6.90. The van der Waals surface area contributed by atoms with E-state index in [0.717, 1.165) is 43.2 Å². The van der Waals surface area contributed by atoms with Crippen LogP contribution in [0.4, 0.5) is 13.2 Å². The summed E-state index contributed by atoms with van der Waals surface area (Å²) in [6.07, 6.45) is 0. The summed E-state index contributed by atoms with van der Waals surface area (Å²) < 4.78 is 41.1. The van der Waals surface area contributed by atoms with Crippen LogP contribution >= 0.6 is 22.9 Å². The minimum atomic E-state index is -1.44. The molecule has 1 aromatic heterocycles. The molecule has 0 spiro atoms. The molecule has 3 rings (SSSR count). The maximum absolute atomic E-state index is 13.6. The first kappa shape index (κ1) is 15.8. The summed E-state index contributed by atoms with van der Waals surface area (Å²) in [5.41, 5.74) is 0.400. The van der Waals surface area contributed by atoms with E-state index in [9.17, 15) is 13.2 Å². The lowest BCUT2D eigenvalue weighted by Crippen LogP contribution is -2.45. The van der Waals surface area contributed by atoms with Crippen LogP contribution in [-0.4, -0.2) is 31.1 Å². The molecule has 2 heterocycles. The van der Waals surface area contributed by atoms with Crippen molar-refractivity contribution in [3.63, 3.8) is 0 Å². The maximum atomic E-state index is 13.6. The molecule has 1 aliphatic rings. The van der Waals surface area contributed by atoms with Crippen molar-refractivity contribution in [2.75, 3.05) is 26.2 Å². The first-order valence-corrected chi connectivity index (χ1v) is 8.10. The van der Waals surface area contributed by atoms with Gasteiger partial charge in [-0.1, -0.05) is 11.6 Å². The summed E-state index contributed by atoms with van der Waals surface area (Å²) in [5, 5.41) is 3.24. The lowest BCUT2D eigenvalue weighted by molar-refractivity contribution is 0.200. The fourth-order valence-electron chi connectivity index (χ4n) is 2.70. The summed E-state index contributed by atoms with van der Waals surface area (Å²) in [6.45, 7) is 3.06. The van der Waals surface area contributed by atoms with Gasteiger partial charge in [0.05, 0.1) is 10.4 Å². The molecule has 0 radical (unpaired) electrons. The molecule has 0 unspecified atom stereocenters. The molecule has 1 atom stereocenters. The van der Waals surface area contributed by atoms with E-state index in [2.05, 4.69) is 10.2 Å². The molecule has 0 bridgehead atoms. The molecule has 0 saturated carbocycles. The van der Waals surface area contributed by atoms with Gasteiger partial charge in [-0.05, 0) is 29.8 Å². The second-order valence-electron chi connectivity index (χ2n) is 5.13. The third kappa shape index (κ3) is 3.15. The van der Waals surface area contributed by atoms with Crippen LogP contribution in [0.3, 0.4) is 0 Å². The van der Waals surface area contributed by atoms with Crippen LogP contribution in [-0.2, 0) is 0 Å². The third-order valence-corrected chi connectivity index (χ3v) is 4.99. The minimum Gasteiger partial charge on any atom is -0.314 e. The Morgan fingerprint density at radius 3 is 2.27 bits per heavy atom. The molecule has 1 saturated heterocycles. The third-order valence-electron chi connectivity index (χ3n) is 3.70. The summed E-state index contributed by atoms with van der Waals surface area (Å²) in [6, 6.07) is 5.41. The molecular formula is C15H14ClF3N2S. The fourth-order valence-corrected chi connectivity index (χ4v) is 3.93. The van der Waals surface area contributed by atoms with E-state index in [1.807, 2.05) is 6.07 Å². The Morgan fingerprint density at radius 2 is 1.73 bits per heavy atom. The Morgan fingerprint density at radius 1 is 1.09 bits per heavy atom. The monoisotopic (exact) mass is 346 g/mol. The molecule has 2 aromatic rings. The van der Waals surface area contributed by atoms with Crippen molar-refractivity contribution in [1.82, 2.24) is 10.2 Å². The van der Waals surface area contributed by atoms with E-state index in [1.54, 1.807) is 6.07 Å². The topological polar surface area (TPSA) is 15.3 Å². The predicted octanol–water partition coefficient (Wildman–Crippen LogP) is 3.81. The number of nitrogens with one attached hydrogen (secondary N) is 1. The zero-order valence-corrected chi connectivity index (χ0v) is 13.2. The zero-order chi connectivity index (χ0) is 15.7. The molecule has 0 aliphatic carbocycles. The quantitative estimate of drug-likeness (QED) is 0.850. The van der Waals surface area contributed by atoms with Gasteiger partial charge in [-0.15, -0.1) is 11.3 Å². The van der Waals surface area contributed by atoms with Gasteiger partial charge in [-0.2, -0.15) is 0 Å². The normalized spacial score (nSPS) is 17.6. The van der Waals surface area contributed by atoms with Gasteiger partial charge in [0.15, 0.2) is 17.5 Å². The largest absolute Gasteiger partial charge is 0.314 e. The highest BCUT2D eigenvalue weighted by Crippen LogP contribution is 2.36. The van der Waals surface area contributed by atoms with Crippen molar-refractivity contribution in [2.45, 2.75) is 6.04 Å². The van der Waals surface area contributed by atoms with E-state index in [-0.39, 0.29) is 6.04 Å². The van der Waals surface area contributed by atoms with E-state index >= 15 is 0 Å². The summed E-state index contributed by atoms with van der Waals surface area (Å²) in [5.74, 6) is -3.78. The molecule has 1 fully saturated rings. The summed E-state index contributed by atoms with van der Waals surface area (Å²) in [7, 11) is 0. The van der Waals surface area contributed by atoms with Crippen molar-refractivity contribution < 1.29 is 13.2 Å². The van der Waals surface area contributed by atoms with E-state index in [4.69, 9.17) is 11.6 Å². The lowest BCUT2D eigenvalue weighted by atomic mass is 10.0. The molecule has 0 amide bonds. The summed E-state index contributed by atoms with van der Waals surface area (Å²) in [4.78, 5) is 3.00. The highest BCUT2D eigenvalue weighted by Gasteiger charge is 2.27. The molecule has 22 heavy (non-hydrogen) atoms. The highest BCUT2D eigenvalue weighted by atomic mass is 35.5. The molecule has 118 valence electrons. The van der Waals surface area contributed by atoms with Crippen molar-refractivity contribution in [1.29, 1.82) is 0 Å². The van der Waals surface area contributed by atoms with Gasteiger partial charge < -0.3 is 5.32 Å². The van der Waals surface area contributed by atoms with Crippen molar-refractivity contribution in [2.24, 2.45) is 0 Å². The van der Waals surface area contributed by atoms with Crippen molar-refractivity contribution in [3.05, 3.63) is 56.5 Å². The van der Waals surface area contributed by atoms with Gasteiger partial charge in [0.25, 0.3) is 0 Å². The SMILES string of the molecule is Fc1cc([C@@H](c2ccc(Cl)s2)N2CCNCC2)cc(F)c1F. The standard InChI is InChI=1S/C15H14ClF3N2S/c16-13-2-1-12(22-13)15(21-5-3-20-4-6-21)9-7-10(17)14(19)11(18)8-9/h1-2,7-8,15,20H,3-6H2/t15-/m0/s1. The number of benzene rings is 1. The minimum absolute atomic E-state index is 0.329. The van der Waals surface area contributed by atoms with Crippen LogP contribution in [0.2, 0.25) is 4.34 Å². The zero-order valence-electron chi connectivity index (χ0n) is 11.6. The van der Waals surface area contributed by atoms with Crippen LogP contribution in [0, 0.1) is 17.5 Å². The van der Waals surface area contributed by atoms with Gasteiger partial charge in [0.1, 0.15) is 0 Å². The Labute approximate surface area is 135 Å². The first-order chi connectivity index (χ1) is 10.6. The Hall–Kier alpha value is -1.08. The average molecular weight is 347 g/mol. The second-order valence-corrected chi connectivity index (χ2v) is 6.88. The van der Waals surface area contributed by atoms with Gasteiger partial charge in [0.2, 0.25) is 0 Å². The van der Waals surface area contributed by atoms with Gasteiger partial charge in [0, 0.05) is 31.1 Å². The van der Waals surface area contributed by atoms with Crippen LogP contribution in [0.5, 0.6) is 0 Å². The smallest absolute Gasteiger partial charge is 0.194 e. The van der Waals surface area contributed by atoms with Crippen LogP contribution in [0.1, 0.15) is 16.5 Å². The Kier molecular flexibility index (Phi) is 4.73. The number of piperazine rings is 1. The number of hydrogen-bond donors (Lipinski definition) is 1. The van der Waals surface area contributed by atoms with Crippen LogP contribution in [0.15, 0.2) is 24.3 Å². The fraction of sp³-hybridized carbons (Fsp3) is 0.333. The number of halogens is 4. The van der Waals surface area contributed by atoms with E-state index < -0.39 is 17.5 Å². The average Bonchev–Trinajstić information content (AvgIpc) is 2.92. The number of hydrogen-bond acceptors (Lipinski definition) is 3. The second kappa shape index (κ2) is 6.58. The van der Waals surface area contributed by atoms with Crippen molar-refractivity contribution >= 4 is 22.9 Å². The van der Waals surface area contributed by atoms with Gasteiger partial charge in [-0.3, -0.25) is 4.90 Å². The van der Waals surface area contributed by atoms with Gasteiger partial charge in [-0.25, -0.2) is 13.2 Å². The molecule has 1 aliphatic heterocycles. The lowest BCUT2D eigenvalue weighted by Gasteiger charge is -2.34. The Balaban J connectivity index is 2.04. The maximum Gasteiger partial charge on any atom is 0.194 e. The van der Waals surface area contributed by atoms with Gasteiger partial charge >= 0.3 is 0 Å². The van der Waals surface area contributed by atoms with Crippen LogP contribution < -0.4 is 5.32 Å². The molecule has 1 aromatic carbocycles. The Bertz CT molecular complexity index is 648. The number of nitrogens with zero attached hydrogens (tertiary/aromatic N) is 1. The summed E-state index contributed by atoms with van der Waals surface area (Å²) >= 11 is 7.36. The molecule has 2 nitrogen and oxygen atoms in total.